The molecule has 0 aliphatic heterocycles. The standard InChI is InChI=1S/C12H7F3N2O3S/c13-12(14,15)7-1-6(11(19)20)2-8(3-7)17-10(18)9-4-21-5-16-9/h1-5H,(H,17,18)(H,19,20). The highest BCUT2D eigenvalue weighted by Gasteiger charge is 2.32. The lowest BCUT2D eigenvalue weighted by Gasteiger charge is -2.11. The first-order chi connectivity index (χ1) is 9.77. The van der Waals surface area contributed by atoms with Gasteiger partial charge in [0.25, 0.3) is 5.91 Å². The van der Waals surface area contributed by atoms with Crippen LogP contribution < -0.4 is 5.32 Å². The maximum Gasteiger partial charge on any atom is 0.416 e. The maximum absolute atomic E-state index is 12.7. The van der Waals surface area contributed by atoms with Crippen molar-refractivity contribution in [2.24, 2.45) is 0 Å². The zero-order valence-corrected chi connectivity index (χ0v) is 11.0. The van der Waals surface area contributed by atoms with Crippen LogP contribution in [-0.2, 0) is 6.18 Å². The number of carbonyl (C=O) groups is 2. The minimum absolute atomic E-state index is 0.0364. The van der Waals surface area contributed by atoms with Crippen LogP contribution in [-0.4, -0.2) is 22.0 Å². The second-order valence-electron chi connectivity index (χ2n) is 3.93. The molecule has 0 atom stereocenters. The summed E-state index contributed by atoms with van der Waals surface area (Å²) in [4.78, 5) is 26.3. The summed E-state index contributed by atoms with van der Waals surface area (Å²) in [5.74, 6) is -2.24. The van der Waals surface area contributed by atoms with E-state index in [9.17, 15) is 22.8 Å². The number of anilines is 1. The molecule has 0 aliphatic carbocycles. The Morgan fingerprint density at radius 2 is 1.95 bits per heavy atom. The van der Waals surface area contributed by atoms with E-state index in [0.29, 0.717) is 12.1 Å². The predicted molar refractivity (Wildman–Crippen MR) is 68.5 cm³/mol. The molecular formula is C12H7F3N2O3S. The van der Waals surface area contributed by atoms with E-state index >= 15 is 0 Å². The van der Waals surface area contributed by atoms with Crippen molar-refractivity contribution >= 4 is 28.9 Å². The van der Waals surface area contributed by atoms with Crippen LogP contribution in [0.3, 0.4) is 0 Å². The molecule has 110 valence electrons. The SMILES string of the molecule is O=C(O)c1cc(NC(=O)c2cscn2)cc(C(F)(F)F)c1. The molecule has 1 amide bonds. The number of hydrogen-bond acceptors (Lipinski definition) is 4. The fourth-order valence-electron chi connectivity index (χ4n) is 1.51. The predicted octanol–water partition coefficient (Wildman–Crippen LogP) is 3.11. The Morgan fingerprint density at radius 1 is 1.24 bits per heavy atom. The Bertz CT molecular complexity index is 684. The Hall–Kier alpha value is -2.42. The Balaban J connectivity index is 2.37. The van der Waals surface area contributed by atoms with Crippen molar-refractivity contribution in [2.75, 3.05) is 5.32 Å². The van der Waals surface area contributed by atoms with Gasteiger partial charge < -0.3 is 10.4 Å². The molecule has 2 N–H and O–H groups in total. The number of thiazole rings is 1. The molecule has 1 aromatic heterocycles. The monoisotopic (exact) mass is 316 g/mol. The number of hydrogen-bond donors (Lipinski definition) is 2. The number of carboxylic acid groups (broad SMARTS) is 1. The molecule has 21 heavy (non-hydrogen) atoms. The van der Waals surface area contributed by atoms with Gasteiger partial charge in [-0.15, -0.1) is 11.3 Å². The number of halogens is 3. The van der Waals surface area contributed by atoms with Gasteiger partial charge in [0, 0.05) is 11.1 Å². The van der Waals surface area contributed by atoms with Crippen molar-refractivity contribution in [1.29, 1.82) is 0 Å². The fraction of sp³-hybridized carbons (Fsp3) is 0.0833. The Morgan fingerprint density at radius 3 is 2.48 bits per heavy atom. The summed E-state index contributed by atoms with van der Waals surface area (Å²) >= 11 is 1.15. The van der Waals surface area contributed by atoms with Gasteiger partial charge in [-0.3, -0.25) is 4.79 Å². The van der Waals surface area contributed by atoms with E-state index in [0.717, 1.165) is 17.4 Å². The van der Waals surface area contributed by atoms with E-state index in [1.54, 1.807) is 0 Å². The van der Waals surface area contributed by atoms with Crippen LogP contribution in [0, 0.1) is 0 Å². The van der Waals surface area contributed by atoms with Crippen molar-refractivity contribution in [2.45, 2.75) is 6.18 Å². The first-order valence-corrected chi connectivity index (χ1v) is 6.37. The highest BCUT2D eigenvalue weighted by Crippen LogP contribution is 2.32. The molecule has 0 saturated heterocycles. The molecule has 5 nitrogen and oxygen atoms in total. The molecular weight excluding hydrogens is 309 g/mol. The van der Waals surface area contributed by atoms with Crippen molar-refractivity contribution in [1.82, 2.24) is 4.98 Å². The lowest BCUT2D eigenvalue weighted by atomic mass is 10.1. The molecule has 0 spiro atoms. The highest BCUT2D eigenvalue weighted by atomic mass is 32.1. The summed E-state index contributed by atoms with van der Waals surface area (Å²) in [6, 6.07) is 2.11. The van der Waals surface area contributed by atoms with Crippen LogP contribution >= 0.6 is 11.3 Å². The molecule has 0 unspecified atom stereocenters. The van der Waals surface area contributed by atoms with Crippen LogP contribution in [0.15, 0.2) is 29.1 Å². The Labute approximate surface area is 120 Å². The number of amides is 1. The number of carboxylic acids is 1. The van der Waals surface area contributed by atoms with Gasteiger partial charge in [0.05, 0.1) is 16.6 Å². The zero-order chi connectivity index (χ0) is 15.6. The summed E-state index contributed by atoms with van der Waals surface area (Å²) in [7, 11) is 0. The third-order valence-corrected chi connectivity index (χ3v) is 3.02. The molecule has 9 heteroatoms. The van der Waals surface area contributed by atoms with E-state index in [-0.39, 0.29) is 11.4 Å². The fourth-order valence-corrected chi connectivity index (χ4v) is 2.04. The topological polar surface area (TPSA) is 79.3 Å². The normalized spacial score (nSPS) is 11.2. The number of carbonyl (C=O) groups excluding carboxylic acids is 1. The maximum atomic E-state index is 12.7. The largest absolute Gasteiger partial charge is 0.478 e. The van der Waals surface area contributed by atoms with Gasteiger partial charge in [0.1, 0.15) is 5.69 Å². The average Bonchev–Trinajstić information content (AvgIpc) is 2.91. The first-order valence-electron chi connectivity index (χ1n) is 5.42. The summed E-state index contributed by atoms with van der Waals surface area (Å²) in [6.45, 7) is 0. The lowest BCUT2D eigenvalue weighted by Crippen LogP contribution is -2.15. The summed E-state index contributed by atoms with van der Waals surface area (Å²) < 4.78 is 38.1. The second-order valence-corrected chi connectivity index (χ2v) is 4.65. The third kappa shape index (κ3) is 3.57. The van der Waals surface area contributed by atoms with Gasteiger partial charge in [-0.2, -0.15) is 13.2 Å². The van der Waals surface area contributed by atoms with Gasteiger partial charge in [-0.05, 0) is 18.2 Å². The highest BCUT2D eigenvalue weighted by molar-refractivity contribution is 7.07. The van der Waals surface area contributed by atoms with Gasteiger partial charge in [-0.1, -0.05) is 0 Å². The van der Waals surface area contributed by atoms with Gasteiger partial charge in [0.15, 0.2) is 0 Å². The van der Waals surface area contributed by atoms with E-state index in [2.05, 4.69) is 10.3 Å². The van der Waals surface area contributed by atoms with Crippen LogP contribution in [0.4, 0.5) is 18.9 Å². The van der Waals surface area contributed by atoms with Crippen molar-refractivity contribution in [3.8, 4) is 0 Å². The number of nitrogens with one attached hydrogen (secondary N) is 1. The average molecular weight is 316 g/mol. The molecule has 0 bridgehead atoms. The molecule has 1 aromatic carbocycles. The Kier molecular flexibility index (Phi) is 3.94. The molecule has 2 rings (SSSR count). The minimum atomic E-state index is -4.72. The molecule has 0 radical (unpaired) electrons. The first kappa shape index (κ1) is 15.0. The van der Waals surface area contributed by atoms with Gasteiger partial charge in [0.2, 0.25) is 0 Å². The van der Waals surface area contributed by atoms with Gasteiger partial charge >= 0.3 is 12.1 Å². The number of rotatable bonds is 3. The summed E-state index contributed by atoms with van der Waals surface area (Å²) in [5, 5.41) is 12.4. The third-order valence-electron chi connectivity index (χ3n) is 2.43. The number of aromatic carboxylic acids is 1. The van der Waals surface area contributed by atoms with Crippen LogP contribution in [0.25, 0.3) is 0 Å². The number of alkyl halides is 3. The number of benzene rings is 1. The van der Waals surface area contributed by atoms with Gasteiger partial charge in [-0.25, -0.2) is 9.78 Å². The smallest absolute Gasteiger partial charge is 0.416 e. The van der Waals surface area contributed by atoms with Crippen molar-refractivity contribution < 1.29 is 27.9 Å². The number of nitrogens with zero attached hydrogens (tertiary/aromatic N) is 1. The minimum Gasteiger partial charge on any atom is -0.478 e. The quantitative estimate of drug-likeness (QED) is 0.912. The zero-order valence-electron chi connectivity index (χ0n) is 10.1. The molecule has 0 fully saturated rings. The van der Waals surface area contributed by atoms with Crippen LogP contribution in [0.5, 0.6) is 0 Å². The van der Waals surface area contributed by atoms with E-state index < -0.39 is 29.2 Å². The van der Waals surface area contributed by atoms with Crippen molar-refractivity contribution in [3.05, 3.63) is 45.9 Å². The lowest BCUT2D eigenvalue weighted by molar-refractivity contribution is -0.137. The van der Waals surface area contributed by atoms with E-state index in [4.69, 9.17) is 5.11 Å². The van der Waals surface area contributed by atoms with Crippen LogP contribution in [0.1, 0.15) is 26.4 Å². The molecule has 1 heterocycles. The molecule has 2 aromatic rings. The summed E-state index contributed by atoms with van der Waals surface area (Å²) in [5.41, 5.74) is -0.562. The van der Waals surface area contributed by atoms with Crippen LogP contribution in [0.2, 0.25) is 0 Å². The van der Waals surface area contributed by atoms with E-state index in [1.165, 1.54) is 10.9 Å². The second kappa shape index (κ2) is 5.52. The van der Waals surface area contributed by atoms with E-state index in [1.807, 2.05) is 0 Å². The summed E-state index contributed by atoms with van der Waals surface area (Å²) in [6.07, 6.45) is -4.72. The van der Waals surface area contributed by atoms with Crippen molar-refractivity contribution in [3.63, 3.8) is 0 Å². The molecule has 0 saturated carbocycles. The molecule has 0 aliphatic rings. The number of aromatic nitrogens is 1.